The van der Waals surface area contributed by atoms with Crippen molar-refractivity contribution >= 4 is 11.6 Å². The van der Waals surface area contributed by atoms with Crippen LogP contribution in [0.4, 0.5) is 4.39 Å². The molecule has 0 aliphatic carbocycles. The third-order valence-electron chi connectivity index (χ3n) is 0.168. The van der Waals surface area contributed by atoms with Gasteiger partial charge in [-0.3, -0.25) is 0 Å². The van der Waals surface area contributed by atoms with Crippen molar-refractivity contribution in [2.75, 3.05) is 6.61 Å². The molecule has 4 heteroatoms. The van der Waals surface area contributed by atoms with Crippen LogP contribution in [0, 0.1) is 0 Å². The van der Waals surface area contributed by atoms with Gasteiger partial charge >= 0.3 is 5.31 Å². The van der Waals surface area contributed by atoms with Crippen LogP contribution >= 0.6 is 11.6 Å². The minimum absolute atomic E-state index is 1.44. The minimum atomic E-state index is -3.29. The second-order valence-corrected chi connectivity index (χ2v) is 1.35. The van der Waals surface area contributed by atoms with Gasteiger partial charge in [0.1, 0.15) is 0 Å². The van der Waals surface area contributed by atoms with Crippen LogP contribution in [0.3, 0.4) is 0 Å². The molecule has 0 aliphatic heterocycles. The molecular formula is C2H2ClFO2. The second kappa shape index (κ2) is 1.73. The first kappa shape index (κ1) is 6.14. The van der Waals surface area contributed by atoms with Gasteiger partial charge in [0.15, 0.2) is 6.61 Å². The molecule has 0 fully saturated rings. The normalized spacial score (nSPS) is 20.0. The maximum absolute atomic E-state index is 11.0. The van der Waals surface area contributed by atoms with Crippen molar-refractivity contribution in [1.82, 2.24) is 0 Å². The molecule has 0 N–H and O–H groups in total. The van der Waals surface area contributed by atoms with Gasteiger partial charge < -0.3 is 0 Å². The molecule has 1 unspecified atom stereocenters. The Balaban J connectivity index is 3.17. The Hall–Kier alpha value is 0.140. The number of hydrogen-bond donors (Lipinski definition) is 0. The van der Waals surface area contributed by atoms with E-state index in [9.17, 15) is 9.50 Å². The smallest absolute Gasteiger partial charge is 0.229 e. The van der Waals surface area contributed by atoms with E-state index >= 15 is 0 Å². The molecule has 2 nitrogen and oxygen atoms in total. The molecule has 1 atom stereocenters. The summed E-state index contributed by atoms with van der Waals surface area (Å²) in [7, 11) is 0. The Kier molecular flexibility index (Phi) is 1.77. The van der Waals surface area contributed by atoms with Crippen molar-refractivity contribution in [1.29, 1.82) is 0 Å². The Bertz CT molecular complexity index is 41.3. The molecule has 0 saturated carbocycles. The van der Waals surface area contributed by atoms with Gasteiger partial charge in [0.2, 0.25) is 0 Å². The zero-order chi connectivity index (χ0) is 5.21. The highest BCUT2D eigenvalue weighted by atomic mass is 35.5. The lowest BCUT2D eigenvalue weighted by molar-refractivity contribution is -0.115. The van der Waals surface area contributed by atoms with E-state index in [1.54, 1.807) is 0 Å². The van der Waals surface area contributed by atoms with E-state index in [0.29, 0.717) is 0 Å². The summed E-state index contributed by atoms with van der Waals surface area (Å²) in [6.45, 7) is -1.44. The first-order valence-corrected chi connectivity index (χ1v) is 1.60. The van der Waals surface area contributed by atoms with E-state index in [1.807, 2.05) is 0 Å². The van der Waals surface area contributed by atoms with Crippen molar-refractivity contribution in [2.45, 2.75) is 5.31 Å². The van der Waals surface area contributed by atoms with Crippen LogP contribution in [0.2, 0.25) is 0 Å². The molecule has 0 amide bonds. The van der Waals surface area contributed by atoms with Crippen molar-refractivity contribution < 1.29 is 14.6 Å². The maximum atomic E-state index is 11.0. The molecular weight excluding hydrogens is 110 g/mol. The SMILES string of the molecule is [O]CC([O])(F)Cl. The molecule has 0 saturated heterocycles. The van der Waals surface area contributed by atoms with Crippen molar-refractivity contribution in [3.63, 3.8) is 0 Å². The third kappa shape index (κ3) is 4.14. The first-order valence-electron chi connectivity index (χ1n) is 1.22. The van der Waals surface area contributed by atoms with Crippen LogP contribution in [0.15, 0.2) is 0 Å². The van der Waals surface area contributed by atoms with E-state index in [-0.39, 0.29) is 0 Å². The molecule has 0 aromatic heterocycles. The Morgan fingerprint density at radius 3 is 2.00 bits per heavy atom. The largest absolute Gasteiger partial charge is 0.340 e. The Labute approximate surface area is 39.2 Å². The lowest BCUT2D eigenvalue weighted by Crippen LogP contribution is -2.14. The van der Waals surface area contributed by atoms with E-state index < -0.39 is 11.9 Å². The van der Waals surface area contributed by atoms with Crippen LogP contribution < -0.4 is 0 Å². The van der Waals surface area contributed by atoms with Crippen molar-refractivity contribution in [2.24, 2.45) is 0 Å². The molecule has 0 heterocycles. The summed E-state index contributed by atoms with van der Waals surface area (Å²) in [5, 5.41) is 15.1. The lowest BCUT2D eigenvalue weighted by atomic mass is 10.7. The summed E-state index contributed by atoms with van der Waals surface area (Å²) >= 11 is 4.18. The Morgan fingerprint density at radius 1 is 1.83 bits per heavy atom. The van der Waals surface area contributed by atoms with Crippen LogP contribution in [0.5, 0.6) is 0 Å². The van der Waals surface area contributed by atoms with Crippen LogP contribution in [0.25, 0.3) is 0 Å². The van der Waals surface area contributed by atoms with Gasteiger partial charge in [-0.1, -0.05) is 0 Å². The summed E-state index contributed by atoms with van der Waals surface area (Å²) < 4.78 is 11.0. The highest BCUT2D eigenvalue weighted by molar-refractivity contribution is 6.21. The fraction of sp³-hybridized carbons (Fsp3) is 1.00. The van der Waals surface area contributed by atoms with Gasteiger partial charge in [-0.05, 0) is 11.6 Å². The Morgan fingerprint density at radius 2 is 2.00 bits per heavy atom. The van der Waals surface area contributed by atoms with Gasteiger partial charge in [0.05, 0.1) is 0 Å². The van der Waals surface area contributed by atoms with Gasteiger partial charge in [0.25, 0.3) is 0 Å². The van der Waals surface area contributed by atoms with E-state index in [1.165, 1.54) is 0 Å². The molecule has 2 radical (unpaired) electrons. The molecule has 0 aliphatic rings. The monoisotopic (exact) mass is 112 g/mol. The van der Waals surface area contributed by atoms with Crippen molar-refractivity contribution in [3.05, 3.63) is 0 Å². The third-order valence-corrected chi connectivity index (χ3v) is 0.277. The highest BCUT2D eigenvalue weighted by Gasteiger charge is 2.22. The zero-order valence-corrected chi connectivity index (χ0v) is 3.54. The van der Waals surface area contributed by atoms with Gasteiger partial charge in [0, 0.05) is 0 Å². The van der Waals surface area contributed by atoms with Gasteiger partial charge in [-0.25, -0.2) is 5.11 Å². The van der Waals surface area contributed by atoms with Gasteiger partial charge in [-0.2, -0.15) is 9.50 Å². The molecule has 0 aromatic rings. The molecule has 36 valence electrons. The fourth-order valence-electron chi connectivity index (χ4n) is 0. The summed E-state index contributed by atoms with van der Waals surface area (Å²) in [4.78, 5) is 0. The highest BCUT2D eigenvalue weighted by Crippen LogP contribution is 2.10. The van der Waals surface area contributed by atoms with Crippen LogP contribution in [-0.4, -0.2) is 11.9 Å². The average molecular weight is 112 g/mol. The quantitative estimate of drug-likeness (QED) is 0.448. The maximum Gasteiger partial charge on any atom is 0.340 e. The molecule has 6 heavy (non-hydrogen) atoms. The predicted octanol–water partition coefficient (Wildman–Crippen LogP) is 0.710. The fourth-order valence-corrected chi connectivity index (χ4v) is 0. The summed E-state index contributed by atoms with van der Waals surface area (Å²) in [5.41, 5.74) is 0. The zero-order valence-electron chi connectivity index (χ0n) is 2.78. The molecule has 0 bridgehead atoms. The summed E-state index contributed by atoms with van der Waals surface area (Å²) in [6, 6.07) is 0. The average Bonchev–Trinajstić information content (AvgIpc) is 1.35. The van der Waals surface area contributed by atoms with Crippen LogP contribution in [0.1, 0.15) is 0 Å². The lowest BCUT2D eigenvalue weighted by Gasteiger charge is -1.96. The number of alkyl halides is 2. The van der Waals surface area contributed by atoms with Crippen LogP contribution in [-0.2, 0) is 10.2 Å². The first-order chi connectivity index (χ1) is 2.56. The molecule has 0 spiro atoms. The summed E-state index contributed by atoms with van der Waals surface area (Å²) in [5.74, 6) is 0. The predicted molar refractivity (Wildman–Crippen MR) is 15.9 cm³/mol. The summed E-state index contributed by atoms with van der Waals surface area (Å²) in [6.07, 6.45) is 0. The molecule has 0 aromatic carbocycles. The van der Waals surface area contributed by atoms with E-state index in [0.717, 1.165) is 0 Å². The van der Waals surface area contributed by atoms with E-state index in [4.69, 9.17) is 5.11 Å². The second-order valence-electron chi connectivity index (χ2n) is 0.782. The van der Waals surface area contributed by atoms with E-state index in [2.05, 4.69) is 11.6 Å². The number of halogens is 2. The standard InChI is InChI=1S/C2H2ClFO2/c3-2(4,6)1-5/h1H2. The number of hydrogen-bond acceptors (Lipinski definition) is 0. The molecule has 0 rings (SSSR count). The topological polar surface area (TPSA) is 39.8 Å². The minimum Gasteiger partial charge on any atom is -0.229 e. The number of rotatable bonds is 1. The van der Waals surface area contributed by atoms with Crippen molar-refractivity contribution in [3.8, 4) is 0 Å². The van der Waals surface area contributed by atoms with Gasteiger partial charge in [-0.15, -0.1) is 0 Å².